The van der Waals surface area contributed by atoms with Crippen LogP contribution in [0, 0.1) is 0 Å². The van der Waals surface area contributed by atoms with Crippen LogP contribution < -0.4 is 10.2 Å². The SMILES string of the molecule is O=C(O)CC1=Cc2ccc(OCCCN=c3ccccn3O)cc2Cc2ccccc21. The van der Waals surface area contributed by atoms with Gasteiger partial charge in [-0.15, -0.1) is 0 Å². The highest BCUT2D eigenvalue weighted by molar-refractivity contribution is 5.93. The Morgan fingerprint density at radius 3 is 2.74 bits per heavy atom. The van der Waals surface area contributed by atoms with Crippen LogP contribution in [0.2, 0.25) is 0 Å². The second kappa shape index (κ2) is 9.34. The van der Waals surface area contributed by atoms with Gasteiger partial charge in [0.25, 0.3) is 0 Å². The summed E-state index contributed by atoms with van der Waals surface area (Å²) in [6, 6.07) is 19.2. The van der Waals surface area contributed by atoms with Gasteiger partial charge in [0.15, 0.2) is 5.49 Å². The van der Waals surface area contributed by atoms with E-state index in [1.54, 1.807) is 18.3 Å². The first kappa shape index (κ1) is 20.5. The Bertz CT molecular complexity index is 1190. The molecular formula is C25H24N2O4. The van der Waals surface area contributed by atoms with Crippen molar-refractivity contribution in [3.8, 4) is 5.75 Å². The first-order valence-electron chi connectivity index (χ1n) is 10.2. The van der Waals surface area contributed by atoms with Gasteiger partial charge >= 0.3 is 5.97 Å². The lowest BCUT2D eigenvalue weighted by atomic mass is 9.96. The average molecular weight is 416 g/mol. The lowest BCUT2D eigenvalue weighted by molar-refractivity contribution is -0.135. The number of carboxylic acid groups (broad SMARTS) is 1. The molecule has 6 nitrogen and oxygen atoms in total. The third kappa shape index (κ3) is 5.04. The van der Waals surface area contributed by atoms with Crippen LogP contribution in [0.15, 0.2) is 71.9 Å². The van der Waals surface area contributed by atoms with Gasteiger partial charge in [0.2, 0.25) is 0 Å². The minimum absolute atomic E-state index is 0.00649. The lowest BCUT2D eigenvalue weighted by Crippen LogP contribution is -2.17. The van der Waals surface area contributed by atoms with Crippen LogP contribution in [0.4, 0.5) is 0 Å². The number of ether oxygens (including phenoxy) is 1. The molecule has 0 fully saturated rings. The first-order chi connectivity index (χ1) is 15.1. The lowest BCUT2D eigenvalue weighted by Gasteiger charge is -2.10. The van der Waals surface area contributed by atoms with Crippen molar-refractivity contribution in [1.29, 1.82) is 0 Å². The molecular weight excluding hydrogens is 392 g/mol. The van der Waals surface area contributed by atoms with Crippen molar-refractivity contribution in [3.05, 3.63) is 94.6 Å². The monoisotopic (exact) mass is 416 g/mol. The third-order valence-electron chi connectivity index (χ3n) is 5.19. The number of carboxylic acids is 1. The minimum atomic E-state index is -0.836. The molecule has 1 aromatic heterocycles. The number of pyridine rings is 1. The van der Waals surface area contributed by atoms with Crippen molar-refractivity contribution in [2.75, 3.05) is 13.2 Å². The van der Waals surface area contributed by atoms with Gasteiger partial charge in [-0.2, -0.15) is 4.73 Å². The molecule has 0 saturated carbocycles. The molecule has 2 aromatic carbocycles. The van der Waals surface area contributed by atoms with Gasteiger partial charge in [-0.05, 0) is 58.5 Å². The van der Waals surface area contributed by atoms with Crippen LogP contribution in [0.5, 0.6) is 5.75 Å². The Kier molecular flexibility index (Phi) is 6.17. The highest BCUT2D eigenvalue weighted by Gasteiger charge is 2.17. The number of fused-ring (bicyclic) bond motifs is 2. The zero-order valence-corrected chi connectivity index (χ0v) is 17.1. The van der Waals surface area contributed by atoms with E-state index in [4.69, 9.17) is 4.74 Å². The van der Waals surface area contributed by atoms with Crippen LogP contribution in [-0.4, -0.2) is 34.2 Å². The van der Waals surface area contributed by atoms with E-state index in [1.165, 1.54) is 0 Å². The van der Waals surface area contributed by atoms with E-state index < -0.39 is 5.97 Å². The number of benzene rings is 2. The Morgan fingerprint density at radius 1 is 1.06 bits per heavy atom. The second-order valence-electron chi connectivity index (χ2n) is 7.42. The molecule has 0 bridgehead atoms. The van der Waals surface area contributed by atoms with Crippen molar-refractivity contribution in [3.63, 3.8) is 0 Å². The van der Waals surface area contributed by atoms with E-state index in [9.17, 15) is 15.1 Å². The summed E-state index contributed by atoms with van der Waals surface area (Å²) in [6.07, 6.45) is 4.95. The molecule has 0 amide bonds. The molecule has 0 radical (unpaired) electrons. The van der Waals surface area contributed by atoms with Gasteiger partial charge in [-0.25, -0.2) is 0 Å². The van der Waals surface area contributed by atoms with Gasteiger partial charge in [0, 0.05) is 19.2 Å². The molecule has 3 aromatic rings. The first-order valence-corrected chi connectivity index (χ1v) is 10.2. The molecule has 158 valence electrons. The van der Waals surface area contributed by atoms with E-state index in [-0.39, 0.29) is 6.42 Å². The van der Waals surface area contributed by atoms with E-state index in [0.29, 0.717) is 18.6 Å². The fraction of sp³-hybridized carbons (Fsp3) is 0.200. The summed E-state index contributed by atoms with van der Waals surface area (Å²) < 4.78 is 6.91. The highest BCUT2D eigenvalue weighted by atomic mass is 16.5. The van der Waals surface area contributed by atoms with Crippen LogP contribution in [-0.2, 0) is 11.2 Å². The average Bonchev–Trinajstić information content (AvgIpc) is 2.90. The standard InChI is InChI=1S/C25H24N2O4/c28-25(29)17-21-14-18-9-10-22(16-20(18)15-19-6-1-2-7-23(19)21)31-13-5-11-26-24-8-3-4-12-27(24)30/h1-4,6-10,12,14,16,30H,5,11,13,15,17H2,(H,28,29). The molecule has 1 aliphatic rings. The molecule has 1 heterocycles. The van der Waals surface area contributed by atoms with Gasteiger partial charge < -0.3 is 15.1 Å². The molecule has 2 N–H and O–H groups in total. The van der Waals surface area contributed by atoms with Gasteiger partial charge in [-0.1, -0.05) is 42.5 Å². The van der Waals surface area contributed by atoms with Crippen LogP contribution >= 0.6 is 0 Å². The molecule has 1 aliphatic carbocycles. The number of hydrogen-bond acceptors (Lipinski definition) is 4. The second-order valence-corrected chi connectivity index (χ2v) is 7.42. The Morgan fingerprint density at radius 2 is 1.90 bits per heavy atom. The van der Waals surface area contributed by atoms with Crippen molar-refractivity contribution in [1.82, 2.24) is 4.73 Å². The third-order valence-corrected chi connectivity index (χ3v) is 5.19. The molecule has 0 atom stereocenters. The number of carbonyl (C=O) groups is 1. The fourth-order valence-corrected chi connectivity index (χ4v) is 3.73. The number of hydrogen-bond donors (Lipinski definition) is 2. The van der Waals surface area contributed by atoms with E-state index in [1.807, 2.05) is 54.6 Å². The van der Waals surface area contributed by atoms with Gasteiger partial charge in [-0.3, -0.25) is 9.79 Å². The van der Waals surface area contributed by atoms with Crippen molar-refractivity contribution < 1.29 is 19.8 Å². The molecule has 0 spiro atoms. The zero-order valence-electron chi connectivity index (χ0n) is 17.1. The largest absolute Gasteiger partial charge is 0.494 e. The maximum absolute atomic E-state index is 11.4. The topological polar surface area (TPSA) is 84.0 Å². The Labute approximate surface area is 180 Å². The Hall–Kier alpha value is -3.80. The fourth-order valence-electron chi connectivity index (χ4n) is 3.73. The number of nitrogens with zero attached hydrogens (tertiary/aromatic N) is 2. The molecule has 4 rings (SSSR count). The molecule has 31 heavy (non-hydrogen) atoms. The van der Waals surface area contributed by atoms with Crippen molar-refractivity contribution >= 4 is 17.6 Å². The number of aliphatic carboxylic acids is 1. The summed E-state index contributed by atoms with van der Waals surface area (Å²) in [4.78, 5) is 15.7. The summed E-state index contributed by atoms with van der Waals surface area (Å²) in [5.74, 6) is -0.0552. The van der Waals surface area contributed by atoms with E-state index in [0.717, 1.165) is 51.1 Å². The maximum atomic E-state index is 11.4. The molecule has 6 heteroatoms. The quantitative estimate of drug-likeness (QED) is 0.450. The normalized spacial score (nSPS) is 13.0. The van der Waals surface area contributed by atoms with E-state index in [2.05, 4.69) is 4.99 Å². The van der Waals surface area contributed by atoms with E-state index >= 15 is 0 Å². The minimum Gasteiger partial charge on any atom is -0.494 e. The number of aromatic nitrogens is 1. The van der Waals surface area contributed by atoms with Crippen LogP contribution in [0.3, 0.4) is 0 Å². The summed E-state index contributed by atoms with van der Waals surface area (Å²) in [5.41, 5.74) is 5.57. The summed E-state index contributed by atoms with van der Waals surface area (Å²) >= 11 is 0. The zero-order chi connectivity index (χ0) is 21.6. The van der Waals surface area contributed by atoms with Crippen LogP contribution in [0.1, 0.15) is 35.1 Å². The maximum Gasteiger partial charge on any atom is 0.307 e. The van der Waals surface area contributed by atoms with Gasteiger partial charge in [0.05, 0.1) is 13.0 Å². The van der Waals surface area contributed by atoms with Crippen molar-refractivity contribution in [2.45, 2.75) is 19.3 Å². The Balaban J connectivity index is 1.46. The predicted octanol–water partition coefficient (Wildman–Crippen LogP) is 4.01. The van der Waals surface area contributed by atoms with Gasteiger partial charge in [0.1, 0.15) is 5.75 Å². The number of rotatable bonds is 7. The summed E-state index contributed by atoms with van der Waals surface area (Å²) in [6.45, 7) is 1.06. The van der Waals surface area contributed by atoms with Crippen molar-refractivity contribution in [2.24, 2.45) is 4.99 Å². The molecule has 0 unspecified atom stereocenters. The summed E-state index contributed by atoms with van der Waals surface area (Å²) in [5, 5.41) is 19.0. The predicted molar refractivity (Wildman–Crippen MR) is 118 cm³/mol. The van der Waals surface area contributed by atoms with Crippen LogP contribution in [0.25, 0.3) is 11.6 Å². The molecule has 0 saturated heterocycles. The molecule has 0 aliphatic heterocycles. The smallest absolute Gasteiger partial charge is 0.307 e. The highest BCUT2D eigenvalue weighted by Crippen LogP contribution is 2.33. The summed E-state index contributed by atoms with van der Waals surface area (Å²) in [7, 11) is 0.